The Bertz CT molecular complexity index is 533. The van der Waals surface area contributed by atoms with Crippen molar-refractivity contribution in [3.8, 4) is 0 Å². The fourth-order valence-corrected chi connectivity index (χ4v) is 2.50. The summed E-state index contributed by atoms with van der Waals surface area (Å²) in [7, 11) is 0. The lowest BCUT2D eigenvalue weighted by Gasteiger charge is -2.20. The zero-order valence-electron chi connectivity index (χ0n) is 10.2. The van der Waals surface area contributed by atoms with Gasteiger partial charge in [0.25, 0.3) is 0 Å². The van der Waals surface area contributed by atoms with Gasteiger partial charge in [-0.25, -0.2) is 4.98 Å². The summed E-state index contributed by atoms with van der Waals surface area (Å²) < 4.78 is 3.32. The van der Waals surface area contributed by atoms with Crippen molar-refractivity contribution in [1.29, 1.82) is 0 Å². The summed E-state index contributed by atoms with van der Waals surface area (Å²) in [6.45, 7) is 6.64. The first-order valence-electron chi connectivity index (χ1n) is 5.77. The van der Waals surface area contributed by atoms with E-state index in [0.717, 1.165) is 21.3 Å². The van der Waals surface area contributed by atoms with Crippen molar-refractivity contribution in [2.75, 3.05) is 0 Å². The van der Waals surface area contributed by atoms with Crippen molar-refractivity contribution < 1.29 is 0 Å². The molecule has 1 atom stereocenters. The van der Waals surface area contributed by atoms with Gasteiger partial charge in [-0.1, -0.05) is 29.8 Å². The molecule has 0 aliphatic carbocycles. The van der Waals surface area contributed by atoms with Gasteiger partial charge in [0.1, 0.15) is 5.82 Å². The van der Waals surface area contributed by atoms with Gasteiger partial charge in [-0.15, -0.1) is 11.6 Å². The average molecular weight is 316 g/mol. The summed E-state index contributed by atoms with van der Waals surface area (Å²) in [5.41, 5.74) is 2.16. The molecule has 0 fully saturated rings. The van der Waals surface area contributed by atoms with Crippen LogP contribution in [0.3, 0.4) is 0 Å². The van der Waals surface area contributed by atoms with Crippen molar-refractivity contribution in [2.45, 2.75) is 32.7 Å². The number of hydrogen-bond donors (Lipinski definition) is 0. The number of fused-ring (bicyclic) bond motifs is 1. The molecule has 0 bridgehead atoms. The molecule has 0 N–H and O–H groups in total. The van der Waals surface area contributed by atoms with Crippen molar-refractivity contribution in [2.24, 2.45) is 5.92 Å². The highest BCUT2D eigenvalue weighted by molar-refractivity contribution is 9.10. The van der Waals surface area contributed by atoms with E-state index in [1.807, 2.05) is 12.1 Å². The van der Waals surface area contributed by atoms with Crippen LogP contribution in [0, 0.1) is 5.92 Å². The molecule has 0 saturated carbocycles. The summed E-state index contributed by atoms with van der Waals surface area (Å²) in [6.07, 6.45) is 0. The second-order valence-corrected chi connectivity index (χ2v) is 5.83. The summed E-state index contributed by atoms with van der Waals surface area (Å²) in [5.74, 6) is 1.94. The van der Waals surface area contributed by atoms with Crippen LogP contribution in [0.1, 0.15) is 32.6 Å². The number of hydrogen-bond acceptors (Lipinski definition) is 1. The van der Waals surface area contributed by atoms with E-state index in [1.54, 1.807) is 0 Å². The molecule has 2 rings (SSSR count). The van der Waals surface area contributed by atoms with E-state index in [1.165, 1.54) is 0 Å². The first kappa shape index (κ1) is 12.9. The summed E-state index contributed by atoms with van der Waals surface area (Å²) in [6, 6.07) is 6.54. The van der Waals surface area contributed by atoms with E-state index in [2.05, 4.69) is 52.3 Å². The van der Waals surface area contributed by atoms with Gasteiger partial charge in [-0.3, -0.25) is 0 Å². The second-order valence-electron chi connectivity index (χ2n) is 4.65. The molecule has 0 aliphatic heterocycles. The van der Waals surface area contributed by atoms with E-state index < -0.39 is 0 Å². The summed E-state index contributed by atoms with van der Waals surface area (Å²) in [4.78, 5) is 4.59. The van der Waals surface area contributed by atoms with Crippen molar-refractivity contribution >= 4 is 38.6 Å². The molecule has 0 aliphatic rings. The van der Waals surface area contributed by atoms with Crippen LogP contribution in [-0.2, 0) is 5.88 Å². The lowest BCUT2D eigenvalue weighted by Crippen LogP contribution is -2.13. The average Bonchev–Trinajstić information content (AvgIpc) is 2.65. The first-order valence-corrected chi connectivity index (χ1v) is 7.09. The van der Waals surface area contributed by atoms with Crippen LogP contribution in [0.25, 0.3) is 11.0 Å². The Morgan fingerprint density at radius 2 is 2.06 bits per heavy atom. The molecule has 1 aromatic carbocycles. The molecule has 0 spiro atoms. The smallest absolute Gasteiger partial charge is 0.125 e. The molecule has 2 aromatic rings. The minimum Gasteiger partial charge on any atom is -0.324 e. The highest BCUT2D eigenvalue weighted by Crippen LogP contribution is 2.28. The Kier molecular flexibility index (Phi) is 3.79. The monoisotopic (exact) mass is 314 g/mol. The van der Waals surface area contributed by atoms with E-state index in [4.69, 9.17) is 11.6 Å². The predicted octanol–water partition coefficient (Wildman–Crippen LogP) is 4.75. The quantitative estimate of drug-likeness (QED) is 0.747. The number of aromatic nitrogens is 2. The Morgan fingerprint density at radius 1 is 1.35 bits per heavy atom. The van der Waals surface area contributed by atoms with Gasteiger partial charge in [0.15, 0.2) is 0 Å². The van der Waals surface area contributed by atoms with Gasteiger partial charge in [0.05, 0.1) is 16.9 Å². The highest BCUT2D eigenvalue weighted by Gasteiger charge is 2.17. The van der Waals surface area contributed by atoms with Crippen LogP contribution in [0.4, 0.5) is 0 Å². The Hall–Kier alpha value is -0.540. The molecule has 1 heterocycles. The minimum absolute atomic E-state index is 0.392. The summed E-state index contributed by atoms with van der Waals surface area (Å²) >= 11 is 9.51. The van der Waals surface area contributed by atoms with Gasteiger partial charge in [0.2, 0.25) is 0 Å². The highest BCUT2D eigenvalue weighted by atomic mass is 79.9. The molecule has 1 aromatic heterocycles. The maximum absolute atomic E-state index is 6.00. The van der Waals surface area contributed by atoms with E-state index >= 15 is 0 Å². The zero-order chi connectivity index (χ0) is 12.6. The lowest BCUT2D eigenvalue weighted by atomic mass is 10.1. The maximum atomic E-state index is 6.00. The third kappa shape index (κ3) is 2.36. The summed E-state index contributed by atoms with van der Waals surface area (Å²) in [5, 5.41) is 0. The van der Waals surface area contributed by atoms with E-state index in [-0.39, 0.29) is 0 Å². The second kappa shape index (κ2) is 4.99. The lowest BCUT2D eigenvalue weighted by molar-refractivity contribution is 0.409. The van der Waals surface area contributed by atoms with E-state index in [0.29, 0.717) is 17.8 Å². The Labute approximate surface area is 115 Å². The van der Waals surface area contributed by atoms with Crippen LogP contribution in [0.15, 0.2) is 22.7 Å². The van der Waals surface area contributed by atoms with Crippen LogP contribution in [0.2, 0.25) is 0 Å². The number of benzene rings is 1. The first-order chi connectivity index (χ1) is 8.04. The molecule has 0 amide bonds. The van der Waals surface area contributed by atoms with Crippen LogP contribution < -0.4 is 0 Å². The number of rotatable bonds is 3. The molecule has 2 nitrogen and oxygen atoms in total. The molecule has 0 radical (unpaired) electrons. The normalized spacial score (nSPS) is 13.5. The van der Waals surface area contributed by atoms with Crippen molar-refractivity contribution in [1.82, 2.24) is 9.55 Å². The van der Waals surface area contributed by atoms with Crippen LogP contribution >= 0.6 is 27.5 Å². The van der Waals surface area contributed by atoms with Crippen molar-refractivity contribution in [3.63, 3.8) is 0 Å². The minimum atomic E-state index is 0.392. The van der Waals surface area contributed by atoms with Gasteiger partial charge in [-0.2, -0.15) is 0 Å². The number of imidazole rings is 1. The number of nitrogens with zero attached hydrogens (tertiary/aromatic N) is 2. The topological polar surface area (TPSA) is 17.8 Å². The standard InChI is InChI=1S/C13H16BrClN2/c1-8(2)9(3)17-12-6-10(14)4-5-11(12)16-13(17)7-15/h4-6,8-9H,7H2,1-3H3. The fourth-order valence-electron chi connectivity index (χ4n) is 1.96. The molecular weight excluding hydrogens is 300 g/mol. The van der Waals surface area contributed by atoms with Crippen LogP contribution in [0.5, 0.6) is 0 Å². The third-order valence-corrected chi connectivity index (χ3v) is 3.95. The van der Waals surface area contributed by atoms with Crippen LogP contribution in [-0.4, -0.2) is 9.55 Å². The van der Waals surface area contributed by atoms with Gasteiger partial charge < -0.3 is 4.57 Å². The SMILES string of the molecule is CC(C)C(C)n1c(CCl)nc2ccc(Br)cc21. The Balaban J connectivity index is 2.68. The zero-order valence-corrected chi connectivity index (χ0v) is 12.6. The number of halogens is 2. The largest absolute Gasteiger partial charge is 0.324 e. The van der Waals surface area contributed by atoms with Gasteiger partial charge in [-0.05, 0) is 31.0 Å². The fraction of sp³-hybridized carbons (Fsp3) is 0.462. The van der Waals surface area contributed by atoms with E-state index in [9.17, 15) is 0 Å². The molecule has 0 saturated heterocycles. The Morgan fingerprint density at radius 3 is 2.65 bits per heavy atom. The molecular formula is C13H16BrClN2. The third-order valence-electron chi connectivity index (χ3n) is 3.22. The van der Waals surface area contributed by atoms with Crippen molar-refractivity contribution in [3.05, 3.63) is 28.5 Å². The van der Waals surface area contributed by atoms with Gasteiger partial charge in [0, 0.05) is 10.5 Å². The number of alkyl halides is 1. The molecule has 92 valence electrons. The molecule has 17 heavy (non-hydrogen) atoms. The molecule has 1 unspecified atom stereocenters. The van der Waals surface area contributed by atoms with Gasteiger partial charge >= 0.3 is 0 Å². The maximum Gasteiger partial charge on any atom is 0.125 e. The predicted molar refractivity (Wildman–Crippen MR) is 76.5 cm³/mol. The molecule has 4 heteroatoms.